The number of hydrogen-bond donors (Lipinski definition) is 2. The number of carbonyl (C=O) groups excluding carboxylic acids is 2. The van der Waals surface area contributed by atoms with Gasteiger partial charge in [-0.05, 0) is 39.9 Å². The van der Waals surface area contributed by atoms with Gasteiger partial charge in [-0.2, -0.15) is 0 Å². The minimum absolute atomic E-state index is 0.0749. The number of nitrogens with zero attached hydrogens (tertiary/aromatic N) is 1. The molecule has 5 rings (SSSR count). The quantitative estimate of drug-likeness (QED) is 0.145. The summed E-state index contributed by atoms with van der Waals surface area (Å²) in [5.41, 5.74) is 5.16. The molecular formula is C31H27N3O7. The number of alkyl carbamates (subject to hydrolysis) is 1. The highest BCUT2D eigenvalue weighted by molar-refractivity contribution is 5.79. The molecule has 10 heteroatoms. The van der Waals surface area contributed by atoms with E-state index in [1.165, 1.54) is 24.3 Å². The van der Waals surface area contributed by atoms with Crippen molar-refractivity contribution < 1.29 is 28.7 Å². The van der Waals surface area contributed by atoms with Gasteiger partial charge in [-0.3, -0.25) is 20.7 Å². The molecule has 0 saturated carbocycles. The Bertz CT molecular complexity index is 1480. The molecule has 0 fully saturated rings. The number of nitro benzene ring substituents is 1. The molecule has 0 heterocycles. The molecule has 0 bridgehead atoms. The van der Waals surface area contributed by atoms with Crippen molar-refractivity contribution in [1.29, 1.82) is 0 Å². The molecule has 0 aromatic heterocycles. The second kappa shape index (κ2) is 12.8. The van der Waals surface area contributed by atoms with Crippen LogP contribution >= 0.6 is 0 Å². The molecule has 10 nitrogen and oxygen atoms in total. The Balaban J connectivity index is 1.21. The summed E-state index contributed by atoms with van der Waals surface area (Å²) in [6, 6.07) is 30.5. The van der Waals surface area contributed by atoms with Gasteiger partial charge in [0.25, 0.3) is 5.69 Å². The Morgan fingerprint density at radius 3 is 2.00 bits per heavy atom. The van der Waals surface area contributed by atoms with Crippen LogP contribution in [0.4, 0.5) is 15.3 Å². The lowest BCUT2D eigenvalue weighted by atomic mass is 9.98. The van der Waals surface area contributed by atoms with E-state index < -0.39 is 23.3 Å². The molecule has 0 saturated heterocycles. The molecular weight excluding hydrogens is 526 g/mol. The van der Waals surface area contributed by atoms with E-state index in [0.717, 1.165) is 27.8 Å². The topological polar surface area (TPSA) is 129 Å². The monoisotopic (exact) mass is 553 g/mol. The number of rotatable bonds is 10. The fourth-order valence-electron chi connectivity index (χ4n) is 4.69. The Hall–Kier alpha value is -5.22. The Labute approximate surface area is 236 Å². The zero-order valence-electron chi connectivity index (χ0n) is 21.9. The molecule has 2 amide bonds. The van der Waals surface area contributed by atoms with Crippen molar-refractivity contribution in [3.8, 4) is 16.9 Å². The van der Waals surface area contributed by atoms with E-state index >= 15 is 0 Å². The normalized spacial score (nSPS) is 12.5. The summed E-state index contributed by atoms with van der Waals surface area (Å²) in [5, 5.41) is 16.0. The van der Waals surface area contributed by atoms with Crippen molar-refractivity contribution in [3.05, 3.63) is 130 Å². The Morgan fingerprint density at radius 2 is 1.37 bits per heavy atom. The number of benzene rings is 4. The highest BCUT2D eigenvalue weighted by Gasteiger charge is 2.29. The summed E-state index contributed by atoms with van der Waals surface area (Å²) in [6.07, 6.45) is -2.61. The fraction of sp³-hybridized carbons (Fsp3) is 0.161. The number of hydrogen-bond acceptors (Lipinski definition) is 7. The maximum Gasteiger partial charge on any atom is 0.414 e. The zero-order chi connectivity index (χ0) is 28.6. The number of nitro groups is 1. The Morgan fingerprint density at radius 1 is 0.780 bits per heavy atom. The third kappa shape index (κ3) is 6.87. The summed E-state index contributed by atoms with van der Waals surface area (Å²) in [6.45, 7) is 0.280. The summed E-state index contributed by atoms with van der Waals surface area (Å²) in [5.74, 6) is -0.0285. The molecule has 0 unspecified atom stereocenters. The van der Waals surface area contributed by atoms with Gasteiger partial charge in [-0.1, -0.05) is 78.9 Å². The molecule has 4 aromatic carbocycles. The van der Waals surface area contributed by atoms with Gasteiger partial charge in [0, 0.05) is 18.1 Å². The van der Waals surface area contributed by atoms with E-state index in [9.17, 15) is 19.7 Å². The molecule has 41 heavy (non-hydrogen) atoms. The summed E-state index contributed by atoms with van der Waals surface area (Å²) in [7, 11) is 0. The lowest BCUT2D eigenvalue weighted by Gasteiger charge is -2.21. The second-order valence-electron chi connectivity index (χ2n) is 9.31. The van der Waals surface area contributed by atoms with E-state index in [-0.39, 0.29) is 37.2 Å². The van der Waals surface area contributed by atoms with Gasteiger partial charge in [-0.25, -0.2) is 9.59 Å². The Kier molecular flexibility index (Phi) is 8.51. The zero-order valence-corrected chi connectivity index (χ0v) is 21.9. The van der Waals surface area contributed by atoms with E-state index in [4.69, 9.17) is 14.2 Å². The van der Waals surface area contributed by atoms with Crippen LogP contribution in [0.15, 0.2) is 103 Å². The first-order valence-corrected chi connectivity index (χ1v) is 12.9. The summed E-state index contributed by atoms with van der Waals surface area (Å²) >= 11 is 0. The molecule has 4 aromatic rings. The molecule has 0 spiro atoms. The predicted octanol–water partition coefficient (Wildman–Crippen LogP) is 5.76. The number of nitrogens with one attached hydrogen (secondary N) is 2. The van der Waals surface area contributed by atoms with E-state index in [0.29, 0.717) is 0 Å². The predicted molar refractivity (Wildman–Crippen MR) is 150 cm³/mol. The van der Waals surface area contributed by atoms with Crippen LogP contribution in [0.2, 0.25) is 0 Å². The van der Waals surface area contributed by atoms with Gasteiger partial charge in [0.1, 0.15) is 18.5 Å². The largest absolute Gasteiger partial charge is 0.449 e. The van der Waals surface area contributed by atoms with Gasteiger partial charge in [0.15, 0.2) is 0 Å². The minimum Gasteiger partial charge on any atom is -0.449 e. The molecule has 1 atom stereocenters. The molecule has 208 valence electrons. The van der Waals surface area contributed by atoms with E-state index in [1.54, 1.807) is 0 Å². The van der Waals surface area contributed by atoms with Crippen LogP contribution in [0.1, 0.15) is 22.6 Å². The molecule has 2 N–H and O–H groups in total. The van der Waals surface area contributed by atoms with Crippen LogP contribution in [0.5, 0.6) is 5.75 Å². The van der Waals surface area contributed by atoms with Crippen LogP contribution in [-0.2, 0) is 16.1 Å². The standard InChI is InChI=1S/C31H27N3O7/c35-30(40-19-28-26-12-6-4-10-24(26)25-11-5-7-13-27(25)28)32-29(20-39-18-21-8-2-1-3-9-21)33-31(36)41-23-16-14-22(15-17-23)34(37)38/h1-17,28-29H,18-20H2,(H,32,35)(H,33,36)/t29-/m1/s1. The van der Waals surface area contributed by atoms with Crippen LogP contribution in [0, 0.1) is 10.1 Å². The minimum atomic E-state index is -0.986. The van der Waals surface area contributed by atoms with Gasteiger partial charge >= 0.3 is 12.2 Å². The molecule has 0 aliphatic heterocycles. The van der Waals surface area contributed by atoms with Crippen LogP contribution < -0.4 is 15.4 Å². The van der Waals surface area contributed by atoms with Crippen LogP contribution in [-0.4, -0.2) is 36.5 Å². The third-order valence-corrected chi connectivity index (χ3v) is 6.58. The number of carbonyl (C=O) groups is 2. The maximum absolute atomic E-state index is 12.9. The maximum atomic E-state index is 12.9. The molecule has 1 aliphatic rings. The second-order valence-corrected chi connectivity index (χ2v) is 9.31. The van der Waals surface area contributed by atoms with Crippen molar-refractivity contribution >= 4 is 17.9 Å². The van der Waals surface area contributed by atoms with E-state index in [1.807, 2.05) is 66.7 Å². The lowest BCUT2D eigenvalue weighted by molar-refractivity contribution is -0.384. The van der Waals surface area contributed by atoms with Crippen molar-refractivity contribution in [1.82, 2.24) is 10.6 Å². The highest BCUT2D eigenvalue weighted by Crippen LogP contribution is 2.44. The van der Waals surface area contributed by atoms with Crippen LogP contribution in [0.25, 0.3) is 11.1 Å². The van der Waals surface area contributed by atoms with Gasteiger partial charge in [0.2, 0.25) is 0 Å². The SMILES string of the molecule is O=C(N[C@@H](COCc1ccccc1)NC(=O)Oc1ccc([N+](=O)[O-])cc1)OCC1c2ccccc2-c2ccccc21. The van der Waals surface area contributed by atoms with Gasteiger partial charge < -0.3 is 14.2 Å². The average Bonchev–Trinajstić information content (AvgIpc) is 3.30. The molecule has 0 radical (unpaired) electrons. The van der Waals surface area contributed by atoms with Crippen molar-refractivity contribution in [2.45, 2.75) is 18.7 Å². The first kappa shape index (κ1) is 27.4. The third-order valence-electron chi connectivity index (χ3n) is 6.58. The van der Waals surface area contributed by atoms with Gasteiger partial charge in [0.05, 0.1) is 18.1 Å². The van der Waals surface area contributed by atoms with Crippen molar-refractivity contribution in [3.63, 3.8) is 0 Å². The number of non-ortho nitro benzene ring substituents is 1. The number of amides is 2. The average molecular weight is 554 g/mol. The number of ether oxygens (including phenoxy) is 3. The smallest absolute Gasteiger partial charge is 0.414 e. The lowest BCUT2D eigenvalue weighted by Crippen LogP contribution is -2.51. The molecule has 1 aliphatic carbocycles. The van der Waals surface area contributed by atoms with Crippen molar-refractivity contribution in [2.24, 2.45) is 0 Å². The highest BCUT2D eigenvalue weighted by atomic mass is 16.6. The van der Waals surface area contributed by atoms with Crippen molar-refractivity contribution in [2.75, 3.05) is 13.2 Å². The first-order chi connectivity index (χ1) is 20.0. The summed E-state index contributed by atoms with van der Waals surface area (Å²) < 4.78 is 16.6. The summed E-state index contributed by atoms with van der Waals surface area (Å²) in [4.78, 5) is 35.8. The van der Waals surface area contributed by atoms with E-state index in [2.05, 4.69) is 22.8 Å². The van der Waals surface area contributed by atoms with Crippen LogP contribution in [0.3, 0.4) is 0 Å². The fourth-order valence-corrected chi connectivity index (χ4v) is 4.69. The number of fused-ring (bicyclic) bond motifs is 3. The van der Waals surface area contributed by atoms with Gasteiger partial charge in [-0.15, -0.1) is 0 Å². The first-order valence-electron chi connectivity index (χ1n) is 12.9.